The van der Waals surface area contributed by atoms with Crippen molar-refractivity contribution in [1.29, 1.82) is 0 Å². The number of carboxylic acid groups (broad SMARTS) is 1. The highest BCUT2D eigenvalue weighted by Gasteiger charge is 2.49. The zero-order valence-corrected chi connectivity index (χ0v) is 8.10. The number of carboxylic acids is 1. The largest absolute Gasteiger partial charge is 0.481 e. The maximum Gasteiger partial charge on any atom is 0.310 e. The van der Waals surface area contributed by atoms with Crippen molar-refractivity contribution in [2.24, 2.45) is 23.7 Å². The number of esters is 1. The molecular weight excluding hydrogens is 184 g/mol. The summed E-state index contributed by atoms with van der Waals surface area (Å²) < 4.78 is 4.92. The Kier molecular flexibility index (Phi) is 2.21. The molecule has 0 amide bonds. The van der Waals surface area contributed by atoms with Crippen LogP contribution in [-0.2, 0) is 14.3 Å². The van der Waals surface area contributed by atoms with Gasteiger partial charge in [-0.25, -0.2) is 0 Å². The average molecular weight is 198 g/mol. The average Bonchev–Trinajstić information content (AvgIpc) is 2.49. The molecule has 0 aromatic rings. The van der Waals surface area contributed by atoms with Gasteiger partial charge in [-0.15, -0.1) is 0 Å². The van der Waals surface area contributed by atoms with Crippen LogP contribution >= 0.6 is 0 Å². The van der Waals surface area contributed by atoms with Crippen LogP contribution in [-0.4, -0.2) is 23.7 Å². The highest BCUT2D eigenvalue weighted by Crippen LogP contribution is 2.44. The van der Waals surface area contributed by atoms with Gasteiger partial charge in [0.05, 0.1) is 11.8 Å². The molecule has 0 aromatic heterocycles. The van der Waals surface area contributed by atoms with Crippen LogP contribution in [0.4, 0.5) is 0 Å². The summed E-state index contributed by atoms with van der Waals surface area (Å²) in [4.78, 5) is 22.4. The molecule has 0 unspecified atom stereocenters. The molecule has 0 aromatic carbocycles. The number of ether oxygens (including phenoxy) is 1. The van der Waals surface area contributed by atoms with Crippen molar-refractivity contribution >= 4 is 11.9 Å². The first kappa shape index (κ1) is 9.49. The van der Waals surface area contributed by atoms with E-state index in [-0.39, 0.29) is 30.3 Å². The predicted molar refractivity (Wildman–Crippen MR) is 47.5 cm³/mol. The van der Waals surface area contributed by atoms with E-state index in [2.05, 4.69) is 0 Å². The minimum atomic E-state index is -0.832. The number of cyclic esters (lactones) is 1. The van der Waals surface area contributed by atoms with E-state index in [0.717, 1.165) is 12.8 Å². The number of carbonyl (C=O) groups is 2. The summed E-state index contributed by atoms with van der Waals surface area (Å²) in [6.07, 6.45) is 1.78. The quantitative estimate of drug-likeness (QED) is 0.636. The fraction of sp³-hybridized carbons (Fsp3) is 0.800. The second-order valence-corrected chi connectivity index (χ2v) is 4.32. The number of hydrogen-bond donors (Lipinski definition) is 1. The molecule has 1 aliphatic carbocycles. The fourth-order valence-corrected chi connectivity index (χ4v) is 2.74. The number of hydrogen-bond acceptors (Lipinski definition) is 3. The van der Waals surface area contributed by atoms with E-state index in [9.17, 15) is 9.59 Å². The fourth-order valence-electron chi connectivity index (χ4n) is 2.74. The summed E-state index contributed by atoms with van der Waals surface area (Å²) in [5, 5.41) is 8.97. The van der Waals surface area contributed by atoms with Gasteiger partial charge in [0.2, 0.25) is 0 Å². The van der Waals surface area contributed by atoms with Crippen molar-refractivity contribution in [2.75, 3.05) is 6.61 Å². The van der Waals surface area contributed by atoms with Crippen LogP contribution in [0, 0.1) is 23.7 Å². The van der Waals surface area contributed by atoms with Crippen LogP contribution in [0.15, 0.2) is 0 Å². The molecule has 1 heterocycles. The molecule has 1 saturated carbocycles. The summed E-state index contributed by atoms with van der Waals surface area (Å²) in [6, 6.07) is 0. The molecule has 4 heteroatoms. The Bertz CT molecular complexity index is 273. The zero-order chi connectivity index (χ0) is 10.3. The van der Waals surface area contributed by atoms with Crippen molar-refractivity contribution < 1.29 is 19.4 Å². The van der Waals surface area contributed by atoms with Crippen LogP contribution in [0.5, 0.6) is 0 Å². The Balaban J connectivity index is 2.21. The Morgan fingerprint density at radius 1 is 1.50 bits per heavy atom. The lowest BCUT2D eigenvalue weighted by Crippen LogP contribution is -2.41. The Morgan fingerprint density at radius 2 is 2.21 bits per heavy atom. The first-order chi connectivity index (χ1) is 6.61. The third kappa shape index (κ3) is 1.29. The lowest BCUT2D eigenvalue weighted by atomic mass is 9.80. The molecule has 1 aliphatic heterocycles. The molecule has 78 valence electrons. The van der Waals surface area contributed by atoms with E-state index in [0.29, 0.717) is 0 Å². The molecule has 0 spiro atoms. The predicted octanol–water partition coefficient (Wildman–Crippen LogP) is 0.906. The van der Waals surface area contributed by atoms with Crippen LogP contribution in [0.2, 0.25) is 0 Å². The van der Waals surface area contributed by atoms with Crippen molar-refractivity contribution in [2.45, 2.75) is 19.8 Å². The normalized spacial score (nSPS) is 41.6. The van der Waals surface area contributed by atoms with Gasteiger partial charge in [0.15, 0.2) is 0 Å². The third-order valence-corrected chi connectivity index (χ3v) is 3.54. The number of rotatable bonds is 1. The summed E-state index contributed by atoms with van der Waals surface area (Å²) in [5.74, 6) is -1.41. The highest BCUT2D eigenvalue weighted by molar-refractivity contribution is 5.79. The molecule has 4 nitrogen and oxygen atoms in total. The summed E-state index contributed by atoms with van der Waals surface area (Å²) >= 11 is 0. The minimum Gasteiger partial charge on any atom is -0.481 e. The van der Waals surface area contributed by atoms with Gasteiger partial charge >= 0.3 is 11.9 Å². The molecule has 0 bridgehead atoms. The first-order valence-electron chi connectivity index (χ1n) is 5.00. The number of aliphatic carboxylic acids is 1. The zero-order valence-electron chi connectivity index (χ0n) is 8.10. The van der Waals surface area contributed by atoms with E-state index in [1.165, 1.54) is 0 Å². The lowest BCUT2D eigenvalue weighted by molar-refractivity contribution is -0.168. The van der Waals surface area contributed by atoms with Crippen molar-refractivity contribution in [1.82, 2.24) is 0 Å². The minimum absolute atomic E-state index is 0.00347. The van der Waals surface area contributed by atoms with Gasteiger partial charge in [-0.3, -0.25) is 9.59 Å². The van der Waals surface area contributed by atoms with Gasteiger partial charge in [0.25, 0.3) is 0 Å². The Morgan fingerprint density at radius 3 is 2.86 bits per heavy atom. The van der Waals surface area contributed by atoms with Gasteiger partial charge in [0.1, 0.15) is 6.61 Å². The van der Waals surface area contributed by atoms with Crippen LogP contribution in [0.3, 0.4) is 0 Å². The molecule has 0 radical (unpaired) electrons. The molecule has 2 fully saturated rings. The van der Waals surface area contributed by atoms with Crippen molar-refractivity contribution in [3.8, 4) is 0 Å². The van der Waals surface area contributed by atoms with Gasteiger partial charge in [0, 0.05) is 0 Å². The van der Waals surface area contributed by atoms with E-state index >= 15 is 0 Å². The van der Waals surface area contributed by atoms with Crippen LogP contribution in [0.1, 0.15) is 19.8 Å². The highest BCUT2D eigenvalue weighted by atomic mass is 16.5. The van der Waals surface area contributed by atoms with E-state index in [4.69, 9.17) is 9.84 Å². The number of fused-ring (bicyclic) bond motifs is 1. The monoisotopic (exact) mass is 198 g/mol. The van der Waals surface area contributed by atoms with E-state index in [1.807, 2.05) is 6.92 Å². The second-order valence-electron chi connectivity index (χ2n) is 4.32. The van der Waals surface area contributed by atoms with Gasteiger partial charge in [-0.05, 0) is 24.7 Å². The first-order valence-corrected chi connectivity index (χ1v) is 5.00. The standard InChI is InChI=1S/C10H14O4/c1-5-2-3-6-7(9(11)12)4-14-10(13)8(5)6/h5-8H,2-4H2,1H3,(H,11,12)/t5-,6+,7+,8+/m0/s1. The van der Waals surface area contributed by atoms with Crippen molar-refractivity contribution in [3.05, 3.63) is 0 Å². The third-order valence-electron chi connectivity index (χ3n) is 3.54. The summed E-state index contributed by atoms with van der Waals surface area (Å²) in [7, 11) is 0. The van der Waals surface area contributed by atoms with Gasteiger partial charge < -0.3 is 9.84 Å². The Hall–Kier alpha value is -1.06. The maximum absolute atomic E-state index is 11.4. The lowest BCUT2D eigenvalue weighted by Gasteiger charge is -2.31. The smallest absolute Gasteiger partial charge is 0.310 e. The van der Waals surface area contributed by atoms with Crippen molar-refractivity contribution in [3.63, 3.8) is 0 Å². The van der Waals surface area contributed by atoms with Crippen LogP contribution < -0.4 is 0 Å². The summed E-state index contributed by atoms with van der Waals surface area (Å²) in [6.45, 7) is 2.05. The molecular formula is C10H14O4. The molecule has 2 aliphatic rings. The molecule has 4 atom stereocenters. The molecule has 1 N–H and O–H groups in total. The van der Waals surface area contributed by atoms with Gasteiger partial charge in [-0.2, -0.15) is 0 Å². The summed E-state index contributed by atoms with van der Waals surface area (Å²) in [5.41, 5.74) is 0. The van der Waals surface area contributed by atoms with E-state index in [1.54, 1.807) is 0 Å². The maximum atomic E-state index is 11.4. The van der Waals surface area contributed by atoms with E-state index < -0.39 is 11.9 Å². The molecule has 14 heavy (non-hydrogen) atoms. The van der Waals surface area contributed by atoms with Gasteiger partial charge in [-0.1, -0.05) is 6.92 Å². The van der Waals surface area contributed by atoms with Crippen LogP contribution in [0.25, 0.3) is 0 Å². The SMILES string of the molecule is C[C@H]1CC[C@H]2[C@@H]1C(=O)OC[C@H]2C(=O)O. The molecule has 1 saturated heterocycles. The second kappa shape index (κ2) is 3.26. The topological polar surface area (TPSA) is 63.6 Å². The number of carbonyl (C=O) groups excluding carboxylic acids is 1. The molecule has 2 rings (SSSR count). The Labute approximate surface area is 82.2 Å².